The number of nitrogens with zero attached hydrogens (tertiary/aromatic N) is 6. The minimum absolute atomic E-state index is 0.0288. The maximum atomic E-state index is 12.7. The Kier molecular flexibility index (Phi) is 3.78. The van der Waals surface area contributed by atoms with Gasteiger partial charge in [-0.15, -0.1) is 0 Å². The lowest BCUT2D eigenvalue weighted by molar-refractivity contribution is -0.133. The molecule has 1 aliphatic heterocycles. The Morgan fingerprint density at radius 1 is 1.24 bits per heavy atom. The zero-order valence-corrected chi connectivity index (χ0v) is 13.5. The molecule has 2 aromatic heterocycles. The summed E-state index contributed by atoms with van der Waals surface area (Å²) in [5, 5.41) is 13.2. The van der Waals surface area contributed by atoms with E-state index in [0.717, 1.165) is 17.1 Å². The van der Waals surface area contributed by atoms with Gasteiger partial charge in [-0.1, -0.05) is 30.3 Å². The lowest BCUT2D eigenvalue weighted by atomic mass is 10.2. The number of aromatic nitrogens is 4. The minimum atomic E-state index is 0.0288. The molecule has 4 rings (SSSR count). The number of hydrogen-bond acceptors (Lipinski definition) is 4. The average Bonchev–Trinajstić information content (AvgIpc) is 3.27. The SMILES string of the molecule is N#Cc1cc2n(n1)CCN(C(=O)Cn1ccnc1-c1ccccc1)C2. The second-order valence-corrected chi connectivity index (χ2v) is 5.92. The predicted molar refractivity (Wildman–Crippen MR) is 90.0 cm³/mol. The van der Waals surface area contributed by atoms with Crippen molar-refractivity contribution in [3.8, 4) is 17.5 Å². The number of carbonyl (C=O) groups excluding carboxylic acids is 1. The van der Waals surface area contributed by atoms with Gasteiger partial charge in [0.15, 0.2) is 5.69 Å². The Morgan fingerprint density at radius 2 is 2.08 bits per heavy atom. The summed E-state index contributed by atoms with van der Waals surface area (Å²) >= 11 is 0. The standard InChI is InChI=1S/C18H16N6O/c19-11-15-10-16-12-22(8-9-24(16)21-15)17(25)13-23-7-6-20-18(23)14-4-2-1-3-5-14/h1-7,10H,8-9,12-13H2. The van der Waals surface area contributed by atoms with Crippen LogP contribution in [0.2, 0.25) is 0 Å². The molecule has 0 radical (unpaired) electrons. The van der Waals surface area contributed by atoms with Crippen LogP contribution in [0.25, 0.3) is 11.4 Å². The summed E-state index contributed by atoms with van der Waals surface area (Å²) in [6.07, 6.45) is 3.53. The first-order chi connectivity index (χ1) is 12.2. The lowest BCUT2D eigenvalue weighted by Gasteiger charge is -2.28. The van der Waals surface area contributed by atoms with Crippen LogP contribution in [0, 0.1) is 11.3 Å². The van der Waals surface area contributed by atoms with E-state index in [9.17, 15) is 4.79 Å². The summed E-state index contributed by atoms with van der Waals surface area (Å²) in [4.78, 5) is 18.9. The van der Waals surface area contributed by atoms with E-state index < -0.39 is 0 Å². The number of imidazole rings is 1. The second kappa shape index (κ2) is 6.24. The number of carbonyl (C=O) groups is 1. The van der Waals surface area contributed by atoms with Gasteiger partial charge in [-0.25, -0.2) is 4.98 Å². The molecule has 0 bridgehead atoms. The van der Waals surface area contributed by atoms with Gasteiger partial charge in [0.25, 0.3) is 0 Å². The van der Waals surface area contributed by atoms with Crippen molar-refractivity contribution in [2.24, 2.45) is 0 Å². The normalized spacial score (nSPS) is 13.3. The molecule has 7 nitrogen and oxygen atoms in total. The van der Waals surface area contributed by atoms with Gasteiger partial charge in [0.2, 0.25) is 5.91 Å². The molecule has 7 heteroatoms. The van der Waals surface area contributed by atoms with E-state index in [0.29, 0.717) is 25.3 Å². The molecule has 3 aromatic rings. The van der Waals surface area contributed by atoms with Gasteiger partial charge in [-0.3, -0.25) is 9.48 Å². The number of benzene rings is 1. The highest BCUT2D eigenvalue weighted by atomic mass is 16.2. The molecular formula is C18H16N6O. The van der Waals surface area contributed by atoms with Crippen LogP contribution in [-0.4, -0.2) is 36.7 Å². The van der Waals surface area contributed by atoms with Crippen LogP contribution >= 0.6 is 0 Å². The molecule has 1 aliphatic rings. The molecule has 0 unspecified atom stereocenters. The third kappa shape index (κ3) is 2.90. The highest BCUT2D eigenvalue weighted by Gasteiger charge is 2.23. The van der Waals surface area contributed by atoms with E-state index >= 15 is 0 Å². The van der Waals surface area contributed by atoms with Gasteiger partial charge in [0.05, 0.1) is 18.8 Å². The summed E-state index contributed by atoms with van der Waals surface area (Å²) in [7, 11) is 0. The molecule has 124 valence electrons. The fourth-order valence-corrected chi connectivity index (χ4v) is 3.06. The maximum Gasteiger partial charge on any atom is 0.242 e. The van der Waals surface area contributed by atoms with Crippen molar-refractivity contribution in [3.63, 3.8) is 0 Å². The number of amides is 1. The zero-order chi connectivity index (χ0) is 17.2. The zero-order valence-electron chi connectivity index (χ0n) is 13.5. The van der Waals surface area contributed by atoms with Crippen LogP contribution in [0.4, 0.5) is 0 Å². The predicted octanol–water partition coefficient (Wildman–Crippen LogP) is 1.66. The first-order valence-electron chi connectivity index (χ1n) is 8.06. The van der Waals surface area contributed by atoms with Crippen LogP contribution in [0.5, 0.6) is 0 Å². The molecule has 0 fully saturated rings. The molecule has 3 heterocycles. The third-order valence-corrected chi connectivity index (χ3v) is 4.32. The van der Waals surface area contributed by atoms with Crippen LogP contribution in [0.3, 0.4) is 0 Å². The molecule has 1 aromatic carbocycles. The van der Waals surface area contributed by atoms with Gasteiger partial charge in [0, 0.05) is 24.5 Å². The van der Waals surface area contributed by atoms with Crippen molar-refractivity contribution in [1.29, 1.82) is 5.26 Å². The van der Waals surface area contributed by atoms with Crippen LogP contribution < -0.4 is 0 Å². The Hall–Kier alpha value is -3.40. The maximum absolute atomic E-state index is 12.7. The first kappa shape index (κ1) is 15.1. The molecule has 0 saturated carbocycles. The van der Waals surface area contributed by atoms with Crippen LogP contribution in [-0.2, 0) is 24.4 Å². The highest BCUT2D eigenvalue weighted by Crippen LogP contribution is 2.18. The Morgan fingerprint density at radius 3 is 2.88 bits per heavy atom. The number of fused-ring (bicyclic) bond motifs is 1. The Bertz CT molecular complexity index is 950. The smallest absolute Gasteiger partial charge is 0.242 e. The average molecular weight is 332 g/mol. The van der Waals surface area contributed by atoms with Gasteiger partial charge in [0.1, 0.15) is 18.4 Å². The minimum Gasteiger partial charge on any atom is -0.333 e. The van der Waals surface area contributed by atoms with Crippen molar-refractivity contribution in [2.75, 3.05) is 6.54 Å². The summed E-state index contributed by atoms with van der Waals surface area (Å²) < 4.78 is 3.67. The third-order valence-electron chi connectivity index (χ3n) is 4.32. The topological polar surface area (TPSA) is 79.7 Å². The molecule has 0 saturated heterocycles. The van der Waals surface area contributed by atoms with E-state index in [4.69, 9.17) is 5.26 Å². The van der Waals surface area contributed by atoms with Crippen LogP contribution in [0.1, 0.15) is 11.4 Å². The van der Waals surface area contributed by atoms with Crippen molar-refractivity contribution in [3.05, 3.63) is 60.2 Å². The summed E-state index contributed by atoms with van der Waals surface area (Å²) in [6, 6.07) is 13.6. The molecule has 0 spiro atoms. The van der Waals surface area contributed by atoms with Gasteiger partial charge >= 0.3 is 0 Å². The lowest BCUT2D eigenvalue weighted by Crippen LogP contribution is -2.40. The highest BCUT2D eigenvalue weighted by molar-refractivity contribution is 5.77. The molecule has 0 aliphatic carbocycles. The second-order valence-electron chi connectivity index (χ2n) is 5.92. The summed E-state index contributed by atoms with van der Waals surface area (Å²) in [5.74, 6) is 0.809. The number of nitriles is 1. The van der Waals surface area contributed by atoms with E-state index in [-0.39, 0.29) is 12.5 Å². The quantitative estimate of drug-likeness (QED) is 0.730. The molecule has 0 atom stereocenters. The van der Waals surface area contributed by atoms with Gasteiger partial charge in [-0.2, -0.15) is 10.4 Å². The fourth-order valence-electron chi connectivity index (χ4n) is 3.06. The van der Waals surface area contributed by atoms with E-state index in [2.05, 4.69) is 10.1 Å². The van der Waals surface area contributed by atoms with Crippen molar-refractivity contribution in [1.82, 2.24) is 24.2 Å². The molecule has 0 N–H and O–H groups in total. The van der Waals surface area contributed by atoms with Gasteiger partial charge < -0.3 is 9.47 Å². The van der Waals surface area contributed by atoms with E-state index in [1.54, 1.807) is 21.8 Å². The van der Waals surface area contributed by atoms with Crippen molar-refractivity contribution in [2.45, 2.75) is 19.6 Å². The fraction of sp³-hybridized carbons (Fsp3) is 0.222. The Balaban J connectivity index is 1.50. The molecule has 1 amide bonds. The first-order valence-corrected chi connectivity index (χ1v) is 8.06. The largest absolute Gasteiger partial charge is 0.333 e. The van der Waals surface area contributed by atoms with E-state index in [1.807, 2.05) is 47.2 Å². The van der Waals surface area contributed by atoms with Crippen molar-refractivity contribution >= 4 is 5.91 Å². The molecule has 25 heavy (non-hydrogen) atoms. The van der Waals surface area contributed by atoms with Gasteiger partial charge in [-0.05, 0) is 6.07 Å². The monoisotopic (exact) mass is 332 g/mol. The summed E-state index contributed by atoms with van der Waals surface area (Å²) in [6.45, 7) is 1.92. The number of hydrogen-bond donors (Lipinski definition) is 0. The summed E-state index contributed by atoms with van der Waals surface area (Å²) in [5.41, 5.74) is 2.27. The van der Waals surface area contributed by atoms with Crippen molar-refractivity contribution < 1.29 is 4.79 Å². The number of rotatable bonds is 3. The molecular weight excluding hydrogens is 316 g/mol. The van der Waals surface area contributed by atoms with Crippen LogP contribution in [0.15, 0.2) is 48.8 Å². The Labute approximate surface area is 144 Å². The van der Waals surface area contributed by atoms with E-state index in [1.165, 1.54) is 0 Å².